The van der Waals surface area contributed by atoms with Gasteiger partial charge in [-0.3, -0.25) is 20.0 Å². The Balaban J connectivity index is 2.24. The molecule has 0 unspecified atom stereocenters. The van der Waals surface area contributed by atoms with Crippen LogP contribution in [-0.4, -0.2) is 21.0 Å². The zero-order valence-electron chi connectivity index (χ0n) is 10.1. The predicted molar refractivity (Wildman–Crippen MR) is 79.8 cm³/mol. The third-order valence-corrected chi connectivity index (χ3v) is 4.43. The first-order chi connectivity index (χ1) is 9.40. The van der Waals surface area contributed by atoms with Crippen LogP contribution in [-0.2, 0) is 0 Å². The van der Waals surface area contributed by atoms with Crippen molar-refractivity contribution in [1.29, 1.82) is 0 Å². The number of anilines is 1. The molecule has 9 heteroatoms. The lowest BCUT2D eigenvalue weighted by molar-refractivity contribution is -0.384. The van der Waals surface area contributed by atoms with Crippen molar-refractivity contribution in [3.63, 3.8) is 0 Å². The van der Waals surface area contributed by atoms with Crippen LogP contribution in [0.25, 0.3) is 0 Å². The molecule has 0 spiro atoms. The number of carbonyl (C=O) groups excluding carboxylic acids is 1. The number of rotatable bonds is 3. The van der Waals surface area contributed by atoms with Crippen LogP contribution in [0.15, 0.2) is 27.3 Å². The molecule has 0 atom stereocenters. The summed E-state index contributed by atoms with van der Waals surface area (Å²) in [6.45, 7) is 1.68. The van der Waals surface area contributed by atoms with Gasteiger partial charge in [0.15, 0.2) is 5.69 Å². The number of non-ortho nitro benzene ring substituents is 1. The van der Waals surface area contributed by atoms with E-state index in [2.05, 4.69) is 47.4 Å². The summed E-state index contributed by atoms with van der Waals surface area (Å²) in [5, 5.41) is 19.8. The van der Waals surface area contributed by atoms with Crippen molar-refractivity contribution < 1.29 is 9.72 Å². The number of halogens is 2. The van der Waals surface area contributed by atoms with Gasteiger partial charge in [-0.15, -0.1) is 0 Å². The molecule has 0 fully saturated rings. The number of nitrogens with zero attached hydrogens (tertiary/aromatic N) is 2. The Labute approximate surface area is 130 Å². The zero-order valence-corrected chi connectivity index (χ0v) is 13.3. The molecule has 0 radical (unpaired) electrons. The normalized spacial score (nSPS) is 10.3. The van der Waals surface area contributed by atoms with E-state index in [1.165, 1.54) is 18.2 Å². The fraction of sp³-hybridized carbons (Fsp3) is 0.0909. The minimum Gasteiger partial charge on any atom is -0.320 e. The number of nitrogens with one attached hydrogen (secondary N) is 2. The number of nitro groups is 1. The number of hydrogen-bond donors (Lipinski definition) is 2. The Morgan fingerprint density at radius 3 is 2.65 bits per heavy atom. The van der Waals surface area contributed by atoms with E-state index in [0.717, 1.165) is 0 Å². The molecule has 1 amide bonds. The Morgan fingerprint density at radius 2 is 2.15 bits per heavy atom. The van der Waals surface area contributed by atoms with Gasteiger partial charge in [0.1, 0.15) is 4.60 Å². The van der Waals surface area contributed by atoms with Crippen molar-refractivity contribution in [2.45, 2.75) is 6.92 Å². The number of aryl methyl sites for hydroxylation is 1. The molecule has 0 aliphatic carbocycles. The maximum atomic E-state index is 12.0. The van der Waals surface area contributed by atoms with Gasteiger partial charge in [0.2, 0.25) is 0 Å². The fourth-order valence-corrected chi connectivity index (χ4v) is 2.17. The Bertz CT molecular complexity index is 699. The third kappa shape index (κ3) is 2.88. The van der Waals surface area contributed by atoms with Crippen LogP contribution in [0.3, 0.4) is 0 Å². The molecule has 7 nitrogen and oxygen atoms in total. The molecule has 2 aromatic rings. The third-order valence-electron chi connectivity index (χ3n) is 2.55. The summed E-state index contributed by atoms with van der Waals surface area (Å²) in [4.78, 5) is 22.2. The molecule has 1 aromatic heterocycles. The Hall–Kier alpha value is -1.74. The van der Waals surface area contributed by atoms with E-state index in [-0.39, 0.29) is 11.4 Å². The summed E-state index contributed by atoms with van der Waals surface area (Å²) in [6, 6.07) is 4.21. The van der Waals surface area contributed by atoms with Gasteiger partial charge in [-0.2, -0.15) is 5.10 Å². The predicted octanol–water partition coefficient (Wildman–Crippen LogP) is 3.40. The van der Waals surface area contributed by atoms with Crippen LogP contribution in [0, 0.1) is 17.0 Å². The van der Waals surface area contributed by atoms with Crippen molar-refractivity contribution in [3.05, 3.63) is 48.6 Å². The van der Waals surface area contributed by atoms with Crippen LogP contribution in [0.5, 0.6) is 0 Å². The van der Waals surface area contributed by atoms with Crippen molar-refractivity contribution in [3.8, 4) is 0 Å². The molecule has 1 heterocycles. The summed E-state index contributed by atoms with van der Waals surface area (Å²) in [5.74, 6) is -0.421. The number of carbonyl (C=O) groups is 1. The van der Waals surface area contributed by atoms with E-state index in [4.69, 9.17) is 0 Å². The van der Waals surface area contributed by atoms with Gasteiger partial charge in [0.25, 0.3) is 11.6 Å². The average Bonchev–Trinajstić information content (AvgIpc) is 2.72. The molecule has 104 valence electrons. The lowest BCUT2D eigenvalue weighted by Crippen LogP contribution is -2.14. The lowest BCUT2D eigenvalue weighted by Gasteiger charge is -2.06. The van der Waals surface area contributed by atoms with Crippen LogP contribution in [0.4, 0.5) is 11.4 Å². The topological polar surface area (TPSA) is 101 Å². The summed E-state index contributed by atoms with van der Waals surface area (Å²) in [5.41, 5.74) is 1.25. The van der Waals surface area contributed by atoms with Gasteiger partial charge in [-0.1, -0.05) is 0 Å². The standard InChI is InChI=1S/C11H8Br2N4O3/c1-5-4-6(17(19)20)2-3-7(5)14-11(18)9-8(12)10(13)16-15-9/h2-4H,1H3,(H,14,18)(H,15,16). The molecular formula is C11H8Br2N4O3. The van der Waals surface area contributed by atoms with E-state index in [1.54, 1.807) is 6.92 Å². The fourth-order valence-electron chi connectivity index (χ4n) is 1.54. The highest BCUT2D eigenvalue weighted by Gasteiger charge is 2.18. The Morgan fingerprint density at radius 1 is 1.45 bits per heavy atom. The van der Waals surface area contributed by atoms with Gasteiger partial charge < -0.3 is 5.32 Å². The SMILES string of the molecule is Cc1cc([N+](=O)[O-])ccc1NC(=O)c1n[nH]c(Br)c1Br. The Kier molecular flexibility index (Phi) is 4.19. The highest BCUT2D eigenvalue weighted by Crippen LogP contribution is 2.26. The van der Waals surface area contributed by atoms with Gasteiger partial charge in [-0.25, -0.2) is 0 Å². The van der Waals surface area contributed by atoms with Crippen molar-refractivity contribution in [2.24, 2.45) is 0 Å². The molecule has 2 N–H and O–H groups in total. The number of aromatic amines is 1. The maximum Gasteiger partial charge on any atom is 0.277 e. The first-order valence-electron chi connectivity index (χ1n) is 5.36. The van der Waals surface area contributed by atoms with Crippen LogP contribution >= 0.6 is 31.9 Å². The number of H-pyrrole nitrogens is 1. The number of aromatic nitrogens is 2. The molecule has 1 aromatic carbocycles. The number of hydrogen-bond acceptors (Lipinski definition) is 4. The molecule has 0 bridgehead atoms. The van der Waals surface area contributed by atoms with Gasteiger partial charge in [0.05, 0.1) is 9.40 Å². The highest BCUT2D eigenvalue weighted by atomic mass is 79.9. The van der Waals surface area contributed by atoms with Crippen LogP contribution < -0.4 is 5.32 Å². The summed E-state index contributed by atoms with van der Waals surface area (Å²) in [6.07, 6.45) is 0. The van der Waals surface area contributed by atoms with Crippen molar-refractivity contribution in [1.82, 2.24) is 10.2 Å². The maximum absolute atomic E-state index is 12.0. The van der Waals surface area contributed by atoms with E-state index < -0.39 is 10.8 Å². The lowest BCUT2D eigenvalue weighted by atomic mass is 10.1. The number of benzene rings is 1. The quantitative estimate of drug-likeness (QED) is 0.605. The van der Waals surface area contributed by atoms with Gasteiger partial charge in [0, 0.05) is 17.8 Å². The van der Waals surface area contributed by atoms with Crippen molar-refractivity contribution >= 4 is 49.1 Å². The largest absolute Gasteiger partial charge is 0.320 e. The van der Waals surface area contributed by atoms with E-state index in [0.29, 0.717) is 20.3 Å². The average molecular weight is 404 g/mol. The summed E-state index contributed by atoms with van der Waals surface area (Å²) >= 11 is 6.41. The molecule has 20 heavy (non-hydrogen) atoms. The second kappa shape index (κ2) is 5.71. The summed E-state index contributed by atoms with van der Waals surface area (Å²) < 4.78 is 1.07. The van der Waals surface area contributed by atoms with E-state index >= 15 is 0 Å². The van der Waals surface area contributed by atoms with Crippen molar-refractivity contribution in [2.75, 3.05) is 5.32 Å². The molecule has 2 rings (SSSR count). The van der Waals surface area contributed by atoms with Gasteiger partial charge >= 0.3 is 0 Å². The second-order valence-corrected chi connectivity index (χ2v) is 5.50. The highest BCUT2D eigenvalue weighted by molar-refractivity contribution is 9.13. The second-order valence-electron chi connectivity index (χ2n) is 3.91. The van der Waals surface area contributed by atoms with Crippen LogP contribution in [0.2, 0.25) is 0 Å². The zero-order chi connectivity index (χ0) is 14.9. The summed E-state index contributed by atoms with van der Waals surface area (Å²) in [7, 11) is 0. The number of nitro benzene ring substituents is 1. The molecular weight excluding hydrogens is 396 g/mol. The minimum absolute atomic E-state index is 0.0239. The number of amides is 1. The van der Waals surface area contributed by atoms with E-state index in [1.807, 2.05) is 0 Å². The monoisotopic (exact) mass is 402 g/mol. The molecule has 0 aliphatic heterocycles. The van der Waals surface area contributed by atoms with E-state index in [9.17, 15) is 14.9 Å². The van der Waals surface area contributed by atoms with Gasteiger partial charge in [-0.05, 0) is 50.4 Å². The molecule has 0 saturated carbocycles. The molecule has 0 saturated heterocycles. The first-order valence-corrected chi connectivity index (χ1v) is 6.94. The minimum atomic E-state index is -0.486. The first kappa shape index (κ1) is 14.7. The molecule has 0 aliphatic rings. The van der Waals surface area contributed by atoms with Crippen LogP contribution in [0.1, 0.15) is 16.1 Å². The smallest absolute Gasteiger partial charge is 0.277 e.